The van der Waals surface area contributed by atoms with Gasteiger partial charge in [0.2, 0.25) is 5.88 Å². The van der Waals surface area contributed by atoms with Gasteiger partial charge in [-0.1, -0.05) is 17.7 Å². The summed E-state index contributed by atoms with van der Waals surface area (Å²) in [5, 5.41) is 4.59. The summed E-state index contributed by atoms with van der Waals surface area (Å²) in [6.07, 6.45) is 6.55. The molecule has 25 heavy (non-hydrogen) atoms. The molecule has 0 aliphatic rings. The molecular formula is C18H12ClN5O. The summed E-state index contributed by atoms with van der Waals surface area (Å²) < 4.78 is 5.68. The van der Waals surface area contributed by atoms with Gasteiger partial charge < -0.3 is 10.1 Å². The van der Waals surface area contributed by atoms with E-state index in [-0.39, 0.29) is 0 Å². The van der Waals surface area contributed by atoms with Crippen LogP contribution in [0, 0.1) is 0 Å². The van der Waals surface area contributed by atoms with Crippen LogP contribution in [-0.4, -0.2) is 19.9 Å². The zero-order valence-electron chi connectivity index (χ0n) is 12.9. The predicted molar refractivity (Wildman–Crippen MR) is 96.4 cm³/mol. The summed E-state index contributed by atoms with van der Waals surface area (Å²) in [6.45, 7) is 0. The van der Waals surface area contributed by atoms with Crippen LogP contribution in [0.4, 0.5) is 11.5 Å². The number of nitrogens with one attached hydrogen (secondary N) is 1. The number of ether oxygens (including phenoxy) is 1. The number of anilines is 2. The Balaban J connectivity index is 1.60. The van der Waals surface area contributed by atoms with Crippen molar-refractivity contribution in [3.05, 3.63) is 72.4 Å². The molecule has 0 unspecified atom stereocenters. The van der Waals surface area contributed by atoms with Crippen LogP contribution in [0.1, 0.15) is 0 Å². The molecule has 7 heteroatoms. The van der Waals surface area contributed by atoms with E-state index in [1.165, 1.54) is 6.33 Å². The fourth-order valence-electron chi connectivity index (χ4n) is 2.33. The smallest absolute Gasteiger partial charge is 0.219 e. The minimum Gasteiger partial charge on any atom is -0.437 e. The van der Waals surface area contributed by atoms with Crippen LogP contribution in [0.15, 0.2) is 67.4 Å². The molecule has 0 atom stereocenters. The summed E-state index contributed by atoms with van der Waals surface area (Å²) >= 11 is 6.33. The average molecular weight is 350 g/mol. The normalized spacial score (nSPS) is 10.6. The van der Waals surface area contributed by atoms with E-state index in [1.54, 1.807) is 36.8 Å². The third-order valence-corrected chi connectivity index (χ3v) is 3.78. The van der Waals surface area contributed by atoms with Crippen molar-refractivity contribution in [2.24, 2.45) is 0 Å². The minimum atomic E-state index is 0.468. The van der Waals surface area contributed by atoms with E-state index >= 15 is 0 Å². The van der Waals surface area contributed by atoms with Gasteiger partial charge in [-0.3, -0.25) is 4.98 Å². The van der Waals surface area contributed by atoms with Gasteiger partial charge >= 0.3 is 0 Å². The van der Waals surface area contributed by atoms with E-state index in [2.05, 4.69) is 25.3 Å². The van der Waals surface area contributed by atoms with Crippen molar-refractivity contribution in [2.75, 3.05) is 5.32 Å². The van der Waals surface area contributed by atoms with Crippen molar-refractivity contribution in [2.45, 2.75) is 0 Å². The fourth-order valence-corrected chi connectivity index (χ4v) is 2.54. The summed E-state index contributed by atoms with van der Waals surface area (Å²) in [6, 6.07) is 12.7. The average Bonchev–Trinajstić information content (AvgIpc) is 2.65. The highest BCUT2D eigenvalue weighted by atomic mass is 35.5. The van der Waals surface area contributed by atoms with E-state index in [0.29, 0.717) is 22.5 Å². The Kier molecular flexibility index (Phi) is 4.10. The maximum absolute atomic E-state index is 6.33. The molecule has 0 saturated carbocycles. The highest BCUT2D eigenvalue weighted by Crippen LogP contribution is 2.32. The molecule has 1 N–H and O–H groups in total. The quantitative estimate of drug-likeness (QED) is 0.580. The van der Waals surface area contributed by atoms with Crippen molar-refractivity contribution in [3.63, 3.8) is 0 Å². The number of nitrogens with zero attached hydrogens (tertiary/aromatic N) is 4. The lowest BCUT2D eigenvalue weighted by molar-refractivity contribution is 0.463. The topological polar surface area (TPSA) is 72.8 Å². The first-order valence-electron chi connectivity index (χ1n) is 7.50. The first-order chi connectivity index (χ1) is 12.3. The van der Waals surface area contributed by atoms with Gasteiger partial charge in [-0.25, -0.2) is 15.0 Å². The van der Waals surface area contributed by atoms with E-state index in [0.717, 1.165) is 16.6 Å². The third kappa shape index (κ3) is 3.34. The summed E-state index contributed by atoms with van der Waals surface area (Å²) in [7, 11) is 0. The molecular weight excluding hydrogens is 338 g/mol. The van der Waals surface area contributed by atoms with Crippen molar-refractivity contribution in [1.82, 2.24) is 19.9 Å². The fraction of sp³-hybridized carbons (Fsp3) is 0. The maximum atomic E-state index is 6.33. The van der Waals surface area contributed by atoms with Crippen LogP contribution in [-0.2, 0) is 0 Å². The largest absolute Gasteiger partial charge is 0.437 e. The number of hydrogen-bond acceptors (Lipinski definition) is 6. The molecule has 4 rings (SSSR count). The first-order valence-corrected chi connectivity index (χ1v) is 7.87. The second-order valence-corrected chi connectivity index (χ2v) is 5.56. The molecule has 0 aliphatic carbocycles. The first kappa shape index (κ1) is 15.3. The minimum absolute atomic E-state index is 0.468. The molecule has 4 aromatic rings. The molecule has 0 spiro atoms. The lowest BCUT2D eigenvalue weighted by Crippen LogP contribution is -1.96. The van der Waals surface area contributed by atoms with Crippen LogP contribution in [0.2, 0.25) is 5.02 Å². The predicted octanol–water partition coefficient (Wildman–Crippen LogP) is 4.61. The molecule has 3 aromatic heterocycles. The third-order valence-electron chi connectivity index (χ3n) is 3.49. The summed E-state index contributed by atoms with van der Waals surface area (Å²) in [5.41, 5.74) is 1.55. The van der Waals surface area contributed by atoms with Gasteiger partial charge in [0.25, 0.3) is 0 Å². The molecule has 0 amide bonds. The molecule has 0 fully saturated rings. The van der Waals surface area contributed by atoms with Crippen LogP contribution in [0.25, 0.3) is 10.9 Å². The van der Waals surface area contributed by atoms with E-state index < -0.39 is 0 Å². The molecule has 6 nitrogen and oxygen atoms in total. The van der Waals surface area contributed by atoms with Crippen molar-refractivity contribution in [1.29, 1.82) is 0 Å². The molecule has 3 heterocycles. The van der Waals surface area contributed by atoms with Crippen molar-refractivity contribution in [3.8, 4) is 11.6 Å². The van der Waals surface area contributed by atoms with E-state index in [4.69, 9.17) is 16.3 Å². The van der Waals surface area contributed by atoms with Gasteiger partial charge in [0, 0.05) is 29.5 Å². The molecule has 122 valence electrons. The number of fused-ring (bicyclic) bond motifs is 1. The number of rotatable bonds is 4. The highest BCUT2D eigenvalue weighted by molar-refractivity contribution is 6.32. The Labute approximate surface area is 148 Å². The van der Waals surface area contributed by atoms with Gasteiger partial charge in [-0.2, -0.15) is 0 Å². The number of halogens is 1. The maximum Gasteiger partial charge on any atom is 0.219 e. The Bertz CT molecular complexity index is 1020. The SMILES string of the molecule is Clc1cc(Nc2ncnc3cnccc23)ccc1Oc1ccccn1. The van der Waals surface area contributed by atoms with Crippen LogP contribution >= 0.6 is 11.6 Å². The molecule has 0 aliphatic heterocycles. The number of benzene rings is 1. The summed E-state index contributed by atoms with van der Waals surface area (Å²) in [5.74, 6) is 1.70. The molecule has 0 bridgehead atoms. The Morgan fingerprint density at radius 1 is 0.960 bits per heavy atom. The van der Waals surface area contributed by atoms with Crippen LogP contribution in [0.5, 0.6) is 11.6 Å². The van der Waals surface area contributed by atoms with Crippen molar-refractivity contribution < 1.29 is 4.74 Å². The zero-order valence-corrected chi connectivity index (χ0v) is 13.7. The van der Waals surface area contributed by atoms with Crippen molar-refractivity contribution >= 4 is 34.0 Å². The van der Waals surface area contributed by atoms with Gasteiger partial charge in [-0.05, 0) is 30.3 Å². The number of aromatic nitrogens is 4. The lowest BCUT2D eigenvalue weighted by atomic mass is 10.2. The Hall–Kier alpha value is -3.25. The van der Waals surface area contributed by atoms with Crippen LogP contribution < -0.4 is 10.1 Å². The zero-order chi connectivity index (χ0) is 17.1. The lowest BCUT2D eigenvalue weighted by Gasteiger charge is -2.11. The van der Waals surface area contributed by atoms with Gasteiger partial charge in [0.1, 0.15) is 17.9 Å². The van der Waals surface area contributed by atoms with E-state index in [1.807, 2.05) is 24.3 Å². The van der Waals surface area contributed by atoms with Gasteiger partial charge in [-0.15, -0.1) is 0 Å². The molecule has 0 saturated heterocycles. The van der Waals surface area contributed by atoms with E-state index in [9.17, 15) is 0 Å². The van der Waals surface area contributed by atoms with Crippen LogP contribution in [0.3, 0.4) is 0 Å². The number of hydrogen-bond donors (Lipinski definition) is 1. The number of pyridine rings is 2. The molecule has 1 aromatic carbocycles. The summed E-state index contributed by atoms with van der Waals surface area (Å²) in [4.78, 5) is 16.7. The van der Waals surface area contributed by atoms with Gasteiger partial charge in [0.05, 0.1) is 16.7 Å². The second-order valence-electron chi connectivity index (χ2n) is 5.16. The molecule has 0 radical (unpaired) electrons. The standard InChI is InChI=1S/C18H12ClN5O/c19-14-9-12(4-5-16(14)25-17-3-1-2-7-21-17)24-18-13-6-8-20-10-15(13)22-11-23-18/h1-11H,(H,22,23,24). The Morgan fingerprint density at radius 3 is 2.76 bits per heavy atom. The highest BCUT2D eigenvalue weighted by Gasteiger charge is 2.08. The second kappa shape index (κ2) is 6.70. The monoisotopic (exact) mass is 349 g/mol. The Morgan fingerprint density at radius 2 is 1.92 bits per heavy atom. The van der Waals surface area contributed by atoms with Gasteiger partial charge in [0.15, 0.2) is 0 Å².